The molecule has 0 aliphatic heterocycles. The standard InChI is InChI=1S/C8H3BrF3NO/c9-5-1-4-3-13-14-7(4)6(2-5)8(10,11)12/h1-3H. The molecule has 0 saturated carbocycles. The molecular formula is C8H3BrF3NO. The molecule has 0 bridgehead atoms. The van der Waals surface area contributed by atoms with Crippen molar-refractivity contribution in [3.63, 3.8) is 0 Å². The molecule has 2 aromatic rings. The fourth-order valence-electron chi connectivity index (χ4n) is 1.16. The molecule has 2 rings (SSSR count). The van der Waals surface area contributed by atoms with Crippen LogP contribution >= 0.6 is 15.9 Å². The Bertz CT molecular complexity index is 477. The van der Waals surface area contributed by atoms with Gasteiger partial charge >= 0.3 is 6.18 Å². The molecule has 0 saturated heterocycles. The van der Waals surface area contributed by atoms with Gasteiger partial charge in [-0.2, -0.15) is 13.2 Å². The van der Waals surface area contributed by atoms with Gasteiger partial charge in [-0.05, 0) is 12.1 Å². The van der Waals surface area contributed by atoms with Crippen LogP contribution in [0.2, 0.25) is 0 Å². The molecule has 0 spiro atoms. The van der Waals surface area contributed by atoms with E-state index in [4.69, 9.17) is 0 Å². The van der Waals surface area contributed by atoms with Crippen LogP contribution in [0.3, 0.4) is 0 Å². The summed E-state index contributed by atoms with van der Waals surface area (Å²) in [4.78, 5) is 0. The minimum Gasteiger partial charge on any atom is -0.356 e. The van der Waals surface area contributed by atoms with Gasteiger partial charge in [0.25, 0.3) is 0 Å². The Kier molecular flexibility index (Phi) is 2.02. The number of hydrogen-bond donors (Lipinski definition) is 0. The predicted octanol–water partition coefficient (Wildman–Crippen LogP) is 3.61. The molecule has 0 fully saturated rings. The number of hydrogen-bond acceptors (Lipinski definition) is 2. The van der Waals surface area contributed by atoms with Crippen LogP contribution in [0, 0.1) is 0 Å². The lowest BCUT2D eigenvalue weighted by atomic mass is 10.1. The summed E-state index contributed by atoms with van der Waals surface area (Å²) >= 11 is 2.99. The van der Waals surface area contributed by atoms with Crippen LogP contribution in [0.25, 0.3) is 11.0 Å². The molecule has 1 aromatic heterocycles. The summed E-state index contributed by atoms with van der Waals surface area (Å²) in [5.74, 6) is 0. The Morgan fingerprint density at radius 2 is 2.00 bits per heavy atom. The largest absolute Gasteiger partial charge is 0.420 e. The van der Waals surface area contributed by atoms with Crippen molar-refractivity contribution in [3.05, 3.63) is 28.4 Å². The van der Waals surface area contributed by atoms with Gasteiger partial charge in [0.15, 0.2) is 5.58 Å². The first-order valence-corrected chi connectivity index (χ1v) is 4.39. The van der Waals surface area contributed by atoms with E-state index in [0.29, 0.717) is 9.86 Å². The monoisotopic (exact) mass is 265 g/mol. The SMILES string of the molecule is FC(F)(F)c1cc(Br)cc2cnoc12. The first-order valence-electron chi connectivity index (χ1n) is 3.59. The van der Waals surface area contributed by atoms with Crippen LogP contribution in [0.15, 0.2) is 27.3 Å². The Balaban J connectivity index is 2.80. The summed E-state index contributed by atoms with van der Waals surface area (Å²) in [6, 6.07) is 2.48. The molecule has 0 unspecified atom stereocenters. The molecular weight excluding hydrogens is 263 g/mol. The molecule has 1 heterocycles. The van der Waals surface area contributed by atoms with Crippen molar-refractivity contribution in [1.82, 2.24) is 5.16 Å². The van der Waals surface area contributed by atoms with E-state index in [-0.39, 0.29) is 5.58 Å². The van der Waals surface area contributed by atoms with E-state index in [2.05, 4.69) is 25.6 Å². The van der Waals surface area contributed by atoms with Crippen molar-refractivity contribution >= 4 is 26.9 Å². The van der Waals surface area contributed by atoms with E-state index in [1.54, 1.807) is 0 Å². The summed E-state index contributed by atoms with van der Waals surface area (Å²) in [6.07, 6.45) is -3.18. The molecule has 0 aliphatic carbocycles. The third kappa shape index (κ3) is 1.50. The van der Waals surface area contributed by atoms with Crippen LogP contribution in [-0.4, -0.2) is 5.16 Å². The van der Waals surface area contributed by atoms with Gasteiger partial charge in [-0.1, -0.05) is 21.1 Å². The molecule has 0 N–H and O–H groups in total. The number of benzene rings is 1. The number of alkyl halides is 3. The highest BCUT2D eigenvalue weighted by Crippen LogP contribution is 2.36. The van der Waals surface area contributed by atoms with Gasteiger partial charge in [-0.3, -0.25) is 0 Å². The molecule has 74 valence electrons. The summed E-state index contributed by atoms with van der Waals surface area (Å²) in [5.41, 5.74) is -1.06. The number of rotatable bonds is 0. The zero-order valence-corrected chi connectivity index (χ0v) is 8.19. The highest BCUT2D eigenvalue weighted by Gasteiger charge is 2.34. The molecule has 1 aromatic carbocycles. The summed E-state index contributed by atoms with van der Waals surface area (Å²) in [5, 5.41) is 3.65. The maximum Gasteiger partial charge on any atom is 0.420 e. The number of nitrogens with zero attached hydrogens (tertiary/aromatic N) is 1. The van der Waals surface area contributed by atoms with E-state index < -0.39 is 11.7 Å². The van der Waals surface area contributed by atoms with Gasteiger partial charge < -0.3 is 4.52 Å². The molecule has 2 nitrogen and oxygen atoms in total. The molecule has 14 heavy (non-hydrogen) atoms. The van der Waals surface area contributed by atoms with Gasteiger partial charge in [-0.25, -0.2) is 0 Å². The zero-order chi connectivity index (χ0) is 10.3. The highest BCUT2D eigenvalue weighted by molar-refractivity contribution is 9.10. The normalized spacial score (nSPS) is 12.3. The van der Waals surface area contributed by atoms with Crippen molar-refractivity contribution in [2.24, 2.45) is 0 Å². The molecule has 0 radical (unpaired) electrons. The Hall–Kier alpha value is -1.04. The third-order valence-corrected chi connectivity index (χ3v) is 2.18. The van der Waals surface area contributed by atoms with Crippen molar-refractivity contribution in [1.29, 1.82) is 0 Å². The van der Waals surface area contributed by atoms with Crippen molar-refractivity contribution in [2.75, 3.05) is 0 Å². The second-order valence-corrected chi connectivity index (χ2v) is 3.61. The van der Waals surface area contributed by atoms with Crippen LogP contribution in [-0.2, 0) is 6.18 Å². The number of aromatic nitrogens is 1. The van der Waals surface area contributed by atoms with Gasteiger partial charge in [0.1, 0.15) is 5.56 Å². The fraction of sp³-hybridized carbons (Fsp3) is 0.125. The van der Waals surface area contributed by atoms with Gasteiger partial charge in [0.05, 0.1) is 6.20 Å². The molecule has 0 atom stereocenters. The lowest BCUT2D eigenvalue weighted by molar-refractivity contribution is -0.137. The van der Waals surface area contributed by atoms with Crippen LogP contribution < -0.4 is 0 Å². The van der Waals surface area contributed by atoms with E-state index in [1.807, 2.05) is 0 Å². The van der Waals surface area contributed by atoms with Crippen LogP contribution in [0.1, 0.15) is 5.56 Å². The maximum atomic E-state index is 12.5. The van der Waals surface area contributed by atoms with Crippen molar-refractivity contribution < 1.29 is 17.7 Å². The Labute approximate surface area is 84.8 Å². The predicted molar refractivity (Wildman–Crippen MR) is 46.7 cm³/mol. The first-order chi connectivity index (χ1) is 6.48. The van der Waals surface area contributed by atoms with E-state index >= 15 is 0 Å². The average Bonchev–Trinajstić information content (AvgIpc) is 2.47. The van der Waals surface area contributed by atoms with E-state index in [9.17, 15) is 13.2 Å². The Morgan fingerprint density at radius 3 is 2.64 bits per heavy atom. The fourth-order valence-corrected chi connectivity index (χ4v) is 1.63. The zero-order valence-electron chi connectivity index (χ0n) is 6.60. The average molecular weight is 266 g/mol. The lowest BCUT2D eigenvalue weighted by Crippen LogP contribution is -2.05. The first kappa shape index (κ1) is 9.51. The van der Waals surface area contributed by atoms with Gasteiger partial charge in [0.2, 0.25) is 0 Å². The lowest BCUT2D eigenvalue weighted by Gasteiger charge is -2.06. The minimum atomic E-state index is -4.43. The maximum absolute atomic E-state index is 12.5. The van der Waals surface area contributed by atoms with Crippen molar-refractivity contribution in [3.8, 4) is 0 Å². The highest BCUT2D eigenvalue weighted by atomic mass is 79.9. The molecule has 0 aliphatic rings. The second kappa shape index (κ2) is 2.98. The second-order valence-electron chi connectivity index (χ2n) is 2.70. The van der Waals surface area contributed by atoms with E-state index in [0.717, 1.165) is 6.07 Å². The van der Waals surface area contributed by atoms with Crippen LogP contribution in [0.4, 0.5) is 13.2 Å². The summed E-state index contributed by atoms with van der Waals surface area (Å²) < 4.78 is 42.3. The summed E-state index contributed by atoms with van der Waals surface area (Å²) in [6.45, 7) is 0. The smallest absolute Gasteiger partial charge is 0.356 e. The van der Waals surface area contributed by atoms with E-state index in [1.165, 1.54) is 12.3 Å². The topological polar surface area (TPSA) is 26.0 Å². The quantitative estimate of drug-likeness (QED) is 0.728. The number of fused-ring (bicyclic) bond motifs is 1. The van der Waals surface area contributed by atoms with Crippen LogP contribution in [0.5, 0.6) is 0 Å². The third-order valence-electron chi connectivity index (χ3n) is 1.72. The molecule has 0 amide bonds. The Morgan fingerprint density at radius 1 is 1.29 bits per heavy atom. The van der Waals surface area contributed by atoms with Crippen molar-refractivity contribution in [2.45, 2.75) is 6.18 Å². The minimum absolute atomic E-state index is 0.235. The van der Waals surface area contributed by atoms with Gasteiger partial charge in [0, 0.05) is 9.86 Å². The van der Waals surface area contributed by atoms with Gasteiger partial charge in [-0.15, -0.1) is 0 Å². The summed E-state index contributed by atoms with van der Waals surface area (Å²) in [7, 11) is 0. The molecule has 6 heteroatoms. The number of halogens is 4.